The quantitative estimate of drug-likeness (QED) is 0.528. The second kappa shape index (κ2) is 8.70. The van der Waals surface area contributed by atoms with Gasteiger partial charge in [0.25, 0.3) is 5.91 Å². The van der Waals surface area contributed by atoms with Crippen LogP contribution in [0.5, 0.6) is 0 Å². The summed E-state index contributed by atoms with van der Waals surface area (Å²) in [6.07, 6.45) is 1.91. The minimum absolute atomic E-state index is 0.129. The van der Waals surface area contributed by atoms with Gasteiger partial charge in [-0.05, 0) is 43.5 Å². The number of halogens is 1. The minimum Gasteiger partial charge on any atom is -0.370 e. The molecule has 1 aromatic rings. The number of hydrogen-bond donors (Lipinski definition) is 3. The molecule has 0 aromatic heterocycles. The SMILES string of the molecule is O=C1NC(=O)[C@H](CCCNC(=O)N2CCCN(c3ccc(F)cc3)CC2)N1. The van der Waals surface area contributed by atoms with Crippen molar-refractivity contribution in [3.05, 3.63) is 30.1 Å². The molecule has 2 aliphatic rings. The summed E-state index contributed by atoms with van der Waals surface area (Å²) >= 11 is 0. The average Bonchev–Trinajstić information content (AvgIpc) is 2.85. The molecule has 2 saturated heterocycles. The lowest BCUT2D eigenvalue weighted by Crippen LogP contribution is -2.42. The number of anilines is 1. The first kappa shape index (κ1) is 18.9. The minimum atomic E-state index is -0.517. The molecule has 0 unspecified atom stereocenters. The predicted octanol–water partition coefficient (Wildman–Crippen LogP) is 1.04. The molecule has 0 bridgehead atoms. The molecule has 3 rings (SSSR count). The van der Waals surface area contributed by atoms with Crippen molar-refractivity contribution in [1.82, 2.24) is 20.9 Å². The number of nitrogens with one attached hydrogen (secondary N) is 3. The van der Waals surface area contributed by atoms with Crippen LogP contribution in [-0.4, -0.2) is 61.6 Å². The maximum atomic E-state index is 13.1. The van der Waals surface area contributed by atoms with Crippen LogP contribution < -0.4 is 20.9 Å². The summed E-state index contributed by atoms with van der Waals surface area (Å²) in [6.45, 7) is 3.19. The molecule has 27 heavy (non-hydrogen) atoms. The first-order valence-electron chi connectivity index (χ1n) is 9.17. The molecule has 2 heterocycles. The van der Waals surface area contributed by atoms with Crippen molar-refractivity contribution in [2.24, 2.45) is 0 Å². The number of carbonyl (C=O) groups excluding carboxylic acids is 3. The third-order valence-corrected chi connectivity index (χ3v) is 4.78. The van der Waals surface area contributed by atoms with Crippen LogP contribution in [0.25, 0.3) is 0 Å². The van der Waals surface area contributed by atoms with Gasteiger partial charge in [-0.15, -0.1) is 0 Å². The van der Waals surface area contributed by atoms with Crippen molar-refractivity contribution in [1.29, 1.82) is 0 Å². The van der Waals surface area contributed by atoms with E-state index in [0.29, 0.717) is 39.0 Å². The summed E-state index contributed by atoms with van der Waals surface area (Å²) in [5.41, 5.74) is 0.954. The highest BCUT2D eigenvalue weighted by atomic mass is 19.1. The van der Waals surface area contributed by atoms with Crippen LogP contribution in [0.1, 0.15) is 19.3 Å². The topological polar surface area (TPSA) is 93.8 Å². The van der Waals surface area contributed by atoms with Crippen molar-refractivity contribution in [3.63, 3.8) is 0 Å². The summed E-state index contributed by atoms with van der Waals surface area (Å²) in [6, 6.07) is 5.28. The molecule has 5 amide bonds. The fourth-order valence-corrected chi connectivity index (χ4v) is 3.31. The Morgan fingerprint density at radius 3 is 2.63 bits per heavy atom. The summed E-state index contributed by atoms with van der Waals surface area (Å²) in [5, 5.41) is 7.59. The van der Waals surface area contributed by atoms with Gasteiger partial charge in [-0.2, -0.15) is 0 Å². The van der Waals surface area contributed by atoms with Crippen LogP contribution in [0.3, 0.4) is 0 Å². The van der Waals surface area contributed by atoms with Gasteiger partial charge in [0.05, 0.1) is 0 Å². The number of carbonyl (C=O) groups is 3. The molecule has 9 heteroatoms. The molecule has 0 radical (unpaired) electrons. The molecule has 1 atom stereocenters. The molecule has 146 valence electrons. The molecular weight excluding hydrogens is 353 g/mol. The van der Waals surface area contributed by atoms with E-state index in [2.05, 4.69) is 20.9 Å². The van der Waals surface area contributed by atoms with Gasteiger partial charge in [0.15, 0.2) is 0 Å². The van der Waals surface area contributed by atoms with E-state index in [9.17, 15) is 18.8 Å². The van der Waals surface area contributed by atoms with E-state index in [-0.39, 0.29) is 17.8 Å². The van der Waals surface area contributed by atoms with Crippen LogP contribution in [0.4, 0.5) is 19.7 Å². The van der Waals surface area contributed by atoms with Crippen LogP contribution in [0.2, 0.25) is 0 Å². The summed E-state index contributed by atoms with van der Waals surface area (Å²) in [4.78, 5) is 38.8. The molecular formula is C18H24FN5O3. The smallest absolute Gasteiger partial charge is 0.322 e. The van der Waals surface area contributed by atoms with Crippen LogP contribution >= 0.6 is 0 Å². The molecule has 3 N–H and O–H groups in total. The van der Waals surface area contributed by atoms with Gasteiger partial charge in [0, 0.05) is 38.4 Å². The Morgan fingerprint density at radius 1 is 1.15 bits per heavy atom. The molecule has 1 aromatic carbocycles. The number of imide groups is 1. The molecule has 0 spiro atoms. The van der Waals surface area contributed by atoms with Crippen molar-refractivity contribution < 1.29 is 18.8 Å². The number of benzene rings is 1. The van der Waals surface area contributed by atoms with Crippen LogP contribution in [0, 0.1) is 5.82 Å². The largest absolute Gasteiger partial charge is 0.370 e. The van der Waals surface area contributed by atoms with E-state index in [4.69, 9.17) is 0 Å². The highest BCUT2D eigenvalue weighted by molar-refractivity contribution is 6.04. The fraction of sp³-hybridized carbons (Fsp3) is 0.500. The zero-order valence-corrected chi connectivity index (χ0v) is 15.0. The van der Waals surface area contributed by atoms with Gasteiger partial charge in [-0.3, -0.25) is 10.1 Å². The first-order valence-corrected chi connectivity index (χ1v) is 9.17. The van der Waals surface area contributed by atoms with Gasteiger partial charge >= 0.3 is 12.1 Å². The summed E-state index contributed by atoms with van der Waals surface area (Å²) < 4.78 is 13.1. The Hall–Kier alpha value is -2.84. The van der Waals surface area contributed by atoms with E-state index in [1.54, 1.807) is 17.0 Å². The highest BCUT2D eigenvalue weighted by Gasteiger charge is 2.28. The van der Waals surface area contributed by atoms with E-state index >= 15 is 0 Å². The van der Waals surface area contributed by atoms with E-state index < -0.39 is 12.1 Å². The van der Waals surface area contributed by atoms with Gasteiger partial charge in [-0.25, -0.2) is 14.0 Å². The average molecular weight is 377 g/mol. The van der Waals surface area contributed by atoms with Gasteiger partial charge in [0.1, 0.15) is 11.9 Å². The Morgan fingerprint density at radius 2 is 1.93 bits per heavy atom. The van der Waals surface area contributed by atoms with Crippen molar-refractivity contribution >= 4 is 23.7 Å². The van der Waals surface area contributed by atoms with Crippen LogP contribution in [-0.2, 0) is 4.79 Å². The Balaban J connectivity index is 1.39. The number of hydrogen-bond acceptors (Lipinski definition) is 4. The third kappa shape index (κ3) is 5.08. The second-order valence-corrected chi connectivity index (χ2v) is 6.69. The lowest BCUT2D eigenvalue weighted by atomic mass is 10.1. The third-order valence-electron chi connectivity index (χ3n) is 4.78. The van der Waals surface area contributed by atoms with Crippen molar-refractivity contribution in [2.75, 3.05) is 37.6 Å². The zero-order valence-electron chi connectivity index (χ0n) is 15.0. The van der Waals surface area contributed by atoms with E-state index in [0.717, 1.165) is 18.7 Å². The molecule has 0 saturated carbocycles. The monoisotopic (exact) mass is 377 g/mol. The van der Waals surface area contributed by atoms with Gasteiger partial charge < -0.3 is 20.4 Å². The standard InChI is InChI=1S/C18H24FN5O3/c19-13-4-6-14(7-5-13)23-9-2-10-24(12-11-23)18(27)20-8-1-3-15-16(25)22-17(26)21-15/h4-7,15H,1-3,8-12H2,(H,20,27)(H2,21,22,25,26)/t15-/m0/s1. The Kier molecular flexibility index (Phi) is 6.10. The second-order valence-electron chi connectivity index (χ2n) is 6.69. The first-order chi connectivity index (χ1) is 13.0. The van der Waals surface area contributed by atoms with E-state index in [1.165, 1.54) is 12.1 Å². The number of nitrogens with zero attached hydrogens (tertiary/aromatic N) is 2. The maximum absolute atomic E-state index is 13.1. The number of urea groups is 2. The number of rotatable bonds is 5. The van der Waals surface area contributed by atoms with Crippen molar-refractivity contribution in [2.45, 2.75) is 25.3 Å². The molecule has 8 nitrogen and oxygen atoms in total. The molecule has 0 aliphatic carbocycles. The normalized spacial score (nSPS) is 20.1. The van der Waals surface area contributed by atoms with Crippen molar-refractivity contribution in [3.8, 4) is 0 Å². The predicted molar refractivity (Wildman–Crippen MR) is 97.9 cm³/mol. The highest BCUT2D eigenvalue weighted by Crippen LogP contribution is 2.17. The zero-order chi connectivity index (χ0) is 19.2. The molecule has 2 aliphatic heterocycles. The maximum Gasteiger partial charge on any atom is 0.322 e. The van der Waals surface area contributed by atoms with Crippen LogP contribution in [0.15, 0.2) is 24.3 Å². The van der Waals surface area contributed by atoms with Gasteiger partial charge in [0.2, 0.25) is 0 Å². The summed E-state index contributed by atoms with van der Waals surface area (Å²) in [7, 11) is 0. The number of amides is 5. The molecule has 2 fully saturated rings. The lowest BCUT2D eigenvalue weighted by Gasteiger charge is -2.24. The lowest BCUT2D eigenvalue weighted by molar-refractivity contribution is -0.120. The Labute approximate surface area is 157 Å². The Bertz CT molecular complexity index is 697. The van der Waals surface area contributed by atoms with E-state index in [1.807, 2.05) is 0 Å². The summed E-state index contributed by atoms with van der Waals surface area (Å²) in [5.74, 6) is -0.580. The van der Waals surface area contributed by atoms with Gasteiger partial charge in [-0.1, -0.05) is 0 Å². The fourth-order valence-electron chi connectivity index (χ4n) is 3.31.